The number of nitrogens with one attached hydrogen (secondary N) is 4. The van der Waals surface area contributed by atoms with E-state index in [0.717, 1.165) is 25.7 Å². The van der Waals surface area contributed by atoms with Crippen LogP contribution in [0, 0.1) is 0 Å². The van der Waals surface area contributed by atoms with Crippen molar-refractivity contribution < 1.29 is 9.53 Å². The molecule has 1 aromatic heterocycles. The number of benzene rings is 1. The van der Waals surface area contributed by atoms with E-state index < -0.39 is 6.09 Å². The van der Waals surface area contributed by atoms with E-state index >= 15 is 0 Å². The summed E-state index contributed by atoms with van der Waals surface area (Å²) in [4.78, 5) is 25.0. The van der Waals surface area contributed by atoms with Gasteiger partial charge in [-0.15, -0.1) is 0 Å². The van der Waals surface area contributed by atoms with Crippen LogP contribution in [0.1, 0.15) is 50.2 Å². The van der Waals surface area contributed by atoms with Crippen LogP contribution in [0.3, 0.4) is 0 Å². The molecule has 0 aliphatic heterocycles. The molecule has 1 aromatic carbocycles. The summed E-state index contributed by atoms with van der Waals surface area (Å²) in [5.41, 5.74) is 7.88. The number of amides is 1. The summed E-state index contributed by atoms with van der Waals surface area (Å²) in [6.45, 7) is 2.03. The van der Waals surface area contributed by atoms with Crippen LogP contribution < -0.4 is 21.5 Å². The van der Waals surface area contributed by atoms with Crippen molar-refractivity contribution in [3.05, 3.63) is 35.4 Å². The van der Waals surface area contributed by atoms with Gasteiger partial charge in [0.2, 0.25) is 17.8 Å². The van der Waals surface area contributed by atoms with Gasteiger partial charge in [0.1, 0.15) is 0 Å². The van der Waals surface area contributed by atoms with Crippen LogP contribution in [-0.4, -0.2) is 39.7 Å². The van der Waals surface area contributed by atoms with Crippen LogP contribution in [0.2, 0.25) is 0 Å². The van der Waals surface area contributed by atoms with Gasteiger partial charge in [-0.25, -0.2) is 10.2 Å². The molecule has 0 atom stereocenters. The lowest BCUT2D eigenvalue weighted by Gasteiger charge is -2.23. The second-order valence-corrected chi connectivity index (χ2v) is 7.77. The molecule has 4 N–H and O–H groups in total. The van der Waals surface area contributed by atoms with Gasteiger partial charge in [0, 0.05) is 12.1 Å². The third-order valence-electron chi connectivity index (χ3n) is 5.51. The molecule has 1 heterocycles. The smallest absolute Gasteiger partial charge is 0.426 e. The number of carbonyl (C=O) groups is 1. The number of hydrogen-bond acceptors (Lipinski definition) is 8. The third kappa shape index (κ3) is 5.28. The number of aromatic nitrogens is 3. The first-order valence-electron chi connectivity index (χ1n) is 10.7. The maximum absolute atomic E-state index is 11.6. The Morgan fingerprint density at radius 1 is 0.933 bits per heavy atom. The summed E-state index contributed by atoms with van der Waals surface area (Å²) in [7, 11) is 0. The molecule has 0 saturated heterocycles. The first kappa shape index (κ1) is 20.2. The fourth-order valence-electron chi connectivity index (χ4n) is 4.11. The maximum Gasteiger partial charge on any atom is 0.426 e. The number of ether oxygens (including phenoxy) is 1. The van der Waals surface area contributed by atoms with Crippen LogP contribution in [0.25, 0.3) is 0 Å². The first-order chi connectivity index (χ1) is 14.7. The molecule has 2 aliphatic rings. The Bertz CT molecular complexity index is 845. The second kappa shape index (κ2) is 9.60. The molecule has 0 unspecified atom stereocenters. The van der Waals surface area contributed by atoms with E-state index in [0.29, 0.717) is 17.9 Å². The fourth-order valence-corrected chi connectivity index (χ4v) is 4.11. The number of anilines is 3. The van der Waals surface area contributed by atoms with Crippen molar-refractivity contribution >= 4 is 23.9 Å². The number of fused-ring (bicyclic) bond motifs is 1. The molecular weight excluding hydrogens is 382 g/mol. The molecule has 1 fully saturated rings. The molecule has 4 rings (SSSR count). The van der Waals surface area contributed by atoms with Gasteiger partial charge in [-0.2, -0.15) is 15.0 Å². The standard InChI is InChI=1S/C21H29N7O2/c1-2-30-21(29)28-27-20-25-18(22-16-10-4-3-5-11-16)24-19(26-20)23-17-12-14-8-6-7-9-15(14)13-17/h6-9,16-17H,2-5,10-13H2,1H3,(H,28,29)(H3,22,23,24,25,26,27). The Kier molecular flexibility index (Phi) is 6.46. The molecule has 9 nitrogen and oxygen atoms in total. The lowest BCUT2D eigenvalue weighted by atomic mass is 9.96. The molecule has 1 amide bonds. The molecular formula is C21H29N7O2. The Morgan fingerprint density at radius 2 is 1.53 bits per heavy atom. The largest absolute Gasteiger partial charge is 0.449 e. The molecule has 1 saturated carbocycles. The van der Waals surface area contributed by atoms with E-state index in [1.807, 2.05) is 0 Å². The SMILES string of the molecule is CCOC(=O)NNc1nc(NC2CCCCC2)nc(NC2Cc3ccccc3C2)n1. The van der Waals surface area contributed by atoms with Crippen LogP contribution in [-0.2, 0) is 17.6 Å². The summed E-state index contributed by atoms with van der Waals surface area (Å²) in [6.07, 6.45) is 7.19. The monoisotopic (exact) mass is 411 g/mol. The normalized spacial score (nSPS) is 16.6. The highest BCUT2D eigenvalue weighted by atomic mass is 16.5. The van der Waals surface area contributed by atoms with E-state index in [1.54, 1.807) is 6.92 Å². The summed E-state index contributed by atoms with van der Waals surface area (Å²) >= 11 is 0. The highest BCUT2D eigenvalue weighted by Crippen LogP contribution is 2.25. The molecule has 160 valence electrons. The summed E-state index contributed by atoms with van der Waals surface area (Å²) in [5, 5.41) is 6.86. The summed E-state index contributed by atoms with van der Waals surface area (Å²) in [6, 6.07) is 9.04. The zero-order valence-electron chi connectivity index (χ0n) is 17.3. The van der Waals surface area contributed by atoms with Gasteiger partial charge < -0.3 is 15.4 Å². The zero-order chi connectivity index (χ0) is 20.8. The summed E-state index contributed by atoms with van der Waals surface area (Å²) < 4.78 is 4.87. The van der Waals surface area contributed by atoms with Crippen molar-refractivity contribution in [2.45, 2.75) is 64.0 Å². The molecule has 2 aliphatic carbocycles. The lowest BCUT2D eigenvalue weighted by molar-refractivity contribution is 0.154. The minimum absolute atomic E-state index is 0.221. The molecule has 0 bridgehead atoms. The Morgan fingerprint density at radius 3 is 2.17 bits per heavy atom. The van der Waals surface area contributed by atoms with E-state index in [2.05, 4.69) is 60.7 Å². The second-order valence-electron chi connectivity index (χ2n) is 7.77. The lowest BCUT2D eigenvalue weighted by Crippen LogP contribution is -2.32. The average molecular weight is 412 g/mol. The predicted molar refractivity (Wildman–Crippen MR) is 115 cm³/mol. The van der Waals surface area contributed by atoms with E-state index in [-0.39, 0.29) is 18.6 Å². The minimum Gasteiger partial charge on any atom is -0.449 e. The predicted octanol–water partition coefficient (Wildman–Crippen LogP) is 3.27. The third-order valence-corrected chi connectivity index (χ3v) is 5.51. The number of carbonyl (C=O) groups excluding carboxylic acids is 1. The topological polar surface area (TPSA) is 113 Å². The van der Waals surface area contributed by atoms with E-state index in [4.69, 9.17) is 4.74 Å². The van der Waals surface area contributed by atoms with Gasteiger partial charge in [0.05, 0.1) is 6.61 Å². The van der Waals surface area contributed by atoms with E-state index in [9.17, 15) is 4.79 Å². The van der Waals surface area contributed by atoms with Gasteiger partial charge in [-0.05, 0) is 43.7 Å². The van der Waals surface area contributed by atoms with Gasteiger partial charge in [0.25, 0.3) is 0 Å². The summed E-state index contributed by atoms with van der Waals surface area (Å²) in [5.74, 6) is 1.24. The number of hydrogen-bond donors (Lipinski definition) is 4. The number of nitrogens with zero attached hydrogens (tertiary/aromatic N) is 3. The molecule has 9 heteroatoms. The number of rotatable bonds is 7. The number of hydrazine groups is 1. The van der Waals surface area contributed by atoms with Crippen LogP contribution in [0.15, 0.2) is 24.3 Å². The molecule has 0 radical (unpaired) electrons. The molecule has 2 aromatic rings. The highest BCUT2D eigenvalue weighted by Gasteiger charge is 2.22. The van der Waals surface area contributed by atoms with Crippen molar-refractivity contribution in [1.82, 2.24) is 20.4 Å². The Balaban J connectivity index is 1.47. The van der Waals surface area contributed by atoms with Gasteiger partial charge in [-0.3, -0.25) is 5.43 Å². The fraction of sp³-hybridized carbons (Fsp3) is 0.524. The Labute approximate surface area is 176 Å². The first-order valence-corrected chi connectivity index (χ1v) is 10.7. The molecule has 0 spiro atoms. The van der Waals surface area contributed by atoms with Crippen LogP contribution >= 0.6 is 0 Å². The van der Waals surface area contributed by atoms with Crippen molar-refractivity contribution in [1.29, 1.82) is 0 Å². The molecule has 30 heavy (non-hydrogen) atoms. The van der Waals surface area contributed by atoms with Gasteiger partial charge in [0.15, 0.2) is 0 Å². The van der Waals surface area contributed by atoms with Gasteiger partial charge >= 0.3 is 6.09 Å². The van der Waals surface area contributed by atoms with Crippen molar-refractivity contribution in [3.8, 4) is 0 Å². The maximum atomic E-state index is 11.6. The minimum atomic E-state index is -0.583. The van der Waals surface area contributed by atoms with Gasteiger partial charge in [-0.1, -0.05) is 43.5 Å². The van der Waals surface area contributed by atoms with E-state index in [1.165, 1.54) is 30.4 Å². The van der Waals surface area contributed by atoms with Crippen molar-refractivity contribution in [2.24, 2.45) is 0 Å². The quantitative estimate of drug-likeness (QED) is 0.514. The van der Waals surface area contributed by atoms with Crippen LogP contribution in [0.5, 0.6) is 0 Å². The van der Waals surface area contributed by atoms with Crippen molar-refractivity contribution in [3.63, 3.8) is 0 Å². The average Bonchev–Trinajstić information content (AvgIpc) is 3.15. The Hall–Kier alpha value is -3.10. The highest BCUT2D eigenvalue weighted by molar-refractivity contribution is 5.68. The van der Waals surface area contributed by atoms with Crippen molar-refractivity contribution in [2.75, 3.05) is 22.7 Å². The van der Waals surface area contributed by atoms with Crippen LogP contribution in [0.4, 0.5) is 22.6 Å². The zero-order valence-corrected chi connectivity index (χ0v) is 17.3.